The Kier molecular flexibility index (Phi) is 4.04. The monoisotopic (exact) mass is 335 g/mol. The second kappa shape index (κ2) is 6.64. The zero-order valence-corrected chi connectivity index (χ0v) is 13.7. The van der Waals surface area contributed by atoms with Gasteiger partial charge in [-0.15, -0.1) is 5.10 Å². The summed E-state index contributed by atoms with van der Waals surface area (Å²) in [6.45, 7) is 2.87. The van der Waals surface area contributed by atoms with E-state index in [9.17, 15) is 0 Å². The molecule has 0 atom stereocenters. The number of ether oxygens (including phenoxy) is 2. The molecule has 4 rings (SSSR count). The van der Waals surface area contributed by atoms with Gasteiger partial charge in [-0.25, -0.2) is 0 Å². The Morgan fingerprint density at radius 3 is 2.92 bits per heavy atom. The number of aromatic nitrogens is 3. The van der Waals surface area contributed by atoms with E-state index in [2.05, 4.69) is 25.8 Å². The second-order valence-corrected chi connectivity index (χ2v) is 5.70. The fraction of sp³-hybridized carbons (Fsp3) is 0.167. The lowest BCUT2D eigenvalue weighted by Gasteiger charge is -2.08. The maximum atomic E-state index is 5.38. The molecule has 7 heteroatoms. The van der Waals surface area contributed by atoms with E-state index in [1.54, 1.807) is 6.20 Å². The highest BCUT2D eigenvalue weighted by Crippen LogP contribution is 2.32. The molecular formula is C18H17N5O2. The van der Waals surface area contributed by atoms with Crippen LogP contribution in [0.5, 0.6) is 11.5 Å². The maximum Gasteiger partial charge on any atom is 0.244 e. The molecule has 1 aliphatic heterocycles. The highest BCUT2D eigenvalue weighted by Gasteiger charge is 2.13. The highest BCUT2D eigenvalue weighted by atomic mass is 16.7. The molecule has 0 bridgehead atoms. The van der Waals surface area contributed by atoms with Crippen molar-refractivity contribution in [3.8, 4) is 11.5 Å². The van der Waals surface area contributed by atoms with E-state index >= 15 is 0 Å². The predicted molar refractivity (Wildman–Crippen MR) is 94.2 cm³/mol. The van der Waals surface area contributed by atoms with Crippen LogP contribution in [0, 0.1) is 6.92 Å². The third-order valence-corrected chi connectivity index (χ3v) is 3.74. The quantitative estimate of drug-likeness (QED) is 0.740. The average molecular weight is 335 g/mol. The first-order valence-electron chi connectivity index (χ1n) is 7.92. The zero-order valence-electron chi connectivity index (χ0n) is 13.7. The number of benzene rings is 2. The molecule has 2 heterocycles. The molecule has 0 radical (unpaired) electrons. The van der Waals surface area contributed by atoms with Crippen molar-refractivity contribution in [1.29, 1.82) is 0 Å². The van der Waals surface area contributed by atoms with Gasteiger partial charge in [-0.3, -0.25) is 0 Å². The molecule has 25 heavy (non-hydrogen) atoms. The van der Waals surface area contributed by atoms with Crippen molar-refractivity contribution in [3.63, 3.8) is 0 Å². The molecule has 0 fully saturated rings. The summed E-state index contributed by atoms with van der Waals surface area (Å²) in [6, 6.07) is 13.9. The van der Waals surface area contributed by atoms with Crippen LogP contribution in [0.25, 0.3) is 0 Å². The summed E-state index contributed by atoms with van der Waals surface area (Å²) in [5.74, 6) is 2.61. The van der Waals surface area contributed by atoms with Crippen LogP contribution in [0.3, 0.4) is 0 Å². The van der Waals surface area contributed by atoms with Gasteiger partial charge < -0.3 is 20.1 Å². The van der Waals surface area contributed by atoms with Gasteiger partial charge >= 0.3 is 0 Å². The highest BCUT2D eigenvalue weighted by molar-refractivity contribution is 5.57. The summed E-state index contributed by atoms with van der Waals surface area (Å²) >= 11 is 0. The van der Waals surface area contributed by atoms with E-state index in [1.807, 2.05) is 49.4 Å². The van der Waals surface area contributed by atoms with Crippen LogP contribution in [-0.4, -0.2) is 22.0 Å². The second-order valence-electron chi connectivity index (χ2n) is 5.70. The van der Waals surface area contributed by atoms with Crippen molar-refractivity contribution >= 4 is 17.5 Å². The van der Waals surface area contributed by atoms with E-state index in [0.717, 1.165) is 22.7 Å². The van der Waals surface area contributed by atoms with Gasteiger partial charge in [0, 0.05) is 12.2 Å². The number of rotatable bonds is 5. The lowest BCUT2D eigenvalue weighted by atomic mass is 10.2. The molecule has 7 nitrogen and oxygen atoms in total. The smallest absolute Gasteiger partial charge is 0.244 e. The van der Waals surface area contributed by atoms with Gasteiger partial charge in [-0.2, -0.15) is 10.1 Å². The van der Waals surface area contributed by atoms with Crippen molar-refractivity contribution in [2.75, 3.05) is 17.4 Å². The van der Waals surface area contributed by atoms with Gasteiger partial charge in [-0.05, 0) is 42.3 Å². The molecule has 2 N–H and O–H groups in total. The van der Waals surface area contributed by atoms with Crippen LogP contribution in [0.2, 0.25) is 0 Å². The number of aryl methyl sites for hydroxylation is 1. The first-order chi connectivity index (χ1) is 12.3. The van der Waals surface area contributed by atoms with Crippen LogP contribution in [0.1, 0.15) is 11.1 Å². The summed E-state index contributed by atoms with van der Waals surface area (Å²) in [5, 5.41) is 14.4. The minimum absolute atomic E-state index is 0.270. The Balaban J connectivity index is 1.43. The maximum absolute atomic E-state index is 5.38. The molecule has 1 aromatic heterocycles. The van der Waals surface area contributed by atoms with Crippen LogP contribution in [-0.2, 0) is 6.54 Å². The zero-order chi connectivity index (χ0) is 17.1. The molecule has 0 amide bonds. The van der Waals surface area contributed by atoms with Crippen molar-refractivity contribution < 1.29 is 9.47 Å². The van der Waals surface area contributed by atoms with Gasteiger partial charge in [-0.1, -0.05) is 18.2 Å². The number of nitrogens with one attached hydrogen (secondary N) is 2. The van der Waals surface area contributed by atoms with E-state index in [0.29, 0.717) is 18.3 Å². The predicted octanol–water partition coefficient (Wildman–Crippen LogP) is 3.26. The number of nitrogens with zero attached hydrogens (tertiary/aromatic N) is 3. The van der Waals surface area contributed by atoms with Crippen molar-refractivity contribution in [1.82, 2.24) is 15.2 Å². The largest absolute Gasteiger partial charge is 0.454 e. The first kappa shape index (κ1) is 15.2. The molecule has 2 aromatic carbocycles. The summed E-state index contributed by atoms with van der Waals surface area (Å²) in [7, 11) is 0. The molecule has 0 aliphatic carbocycles. The van der Waals surface area contributed by atoms with Gasteiger partial charge in [0.05, 0.1) is 6.20 Å². The fourth-order valence-corrected chi connectivity index (χ4v) is 2.54. The van der Waals surface area contributed by atoms with Crippen molar-refractivity contribution in [2.45, 2.75) is 13.5 Å². The molecule has 1 aliphatic rings. The average Bonchev–Trinajstić information content (AvgIpc) is 3.08. The Labute approximate surface area is 145 Å². The van der Waals surface area contributed by atoms with E-state index < -0.39 is 0 Å². The normalized spacial score (nSPS) is 12.0. The van der Waals surface area contributed by atoms with Crippen LogP contribution < -0.4 is 20.1 Å². The first-order valence-corrected chi connectivity index (χ1v) is 7.92. The Morgan fingerprint density at radius 2 is 2.00 bits per heavy atom. The Morgan fingerprint density at radius 1 is 1.08 bits per heavy atom. The Bertz CT molecular complexity index is 900. The third kappa shape index (κ3) is 3.60. The van der Waals surface area contributed by atoms with Crippen LogP contribution in [0.15, 0.2) is 48.7 Å². The molecule has 0 saturated heterocycles. The van der Waals surface area contributed by atoms with E-state index in [-0.39, 0.29) is 6.79 Å². The van der Waals surface area contributed by atoms with Gasteiger partial charge in [0.15, 0.2) is 17.3 Å². The summed E-state index contributed by atoms with van der Waals surface area (Å²) in [6.07, 6.45) is 1.59. The van der Waals surface area contributed by atoms with Crippen molar-refractivity contribution in [2.24, 2.45) is 0 Å². The molecule has 0 saturated carbocycles. The van der Waals surface area contributed by atoms with Gasteiger partial charge in [0.25, 0.3) is 0 Å². The molecule has 126 valence electrons. The number of anilines is 3. The van der Waals surface area contributed by atoms with Crippen molar-refractivity contribution in [3.05, 3.63) is 59.8 Å². The van der Waals surface area contributed by atoms with Gasteiger partial charge in [0.2, 0.25) is 12.7 Å². The van der Waals surface area contributed by atoms with Crippen LogP contribution in [0.4, 0.5) is 17.5 Å². The SMILES string of the molecule is Cc1cccc(Nc2cnnc(NCc3ccc4c(c3)OCO4)n2)c1. The van der Waals surface area contributed by atoms with E-state index in [4.69, 9.17) is 9.47 Å². The van der Waals surface area contributed by atoms with Crippen LogP contribution >= 0.6 is 0 Å². The fourth-order valence-electron chi connectivity index (χ4n) is 2.54. The Hall–Kier alpha value is -3.35. The third-order valence-electron chi connectivity index (χ3n) is 3.74. The molecule has 3 aromatic rings. The number of hydrogen-bond acceptors (Lipinski definition) is 7. The van der Waals surface area contributed by atoms with E-state index in [1.165, 1.54) is 5.56 Å². The lowest BCUT2D eigenvalue weighted by molar-refractivity contribution is 0.174. The van der Waals surface area contributed by atoms with Gasteiger partial charge in [0.1, 0.15) is 0 Å². The number of fused-ring (bicyclic) bond motifs is 1. The standard InChI is InChI=1S/C18H17N5O2/c1-12-3-2-4-14(7-12)21-17-10-20-23-18(22-17)19-9-13-5-6-15-16(8-13)25-11-24-15/h2-8,10H,9,11H2,1H3,(H2,19,21,22,23). The minimum atomic E-state index is 0.270. The summed E-state index contributed by atoms with van der Waals surface area (Å²) < 4.78 is 10.7. The molecule has 0 unspecified atom stereocenters. The topological polar surface area (TPSA) is 81.2 Å². The summed E-state index contributed by atoms with van der Waals surface area (Å²) in [5.41, 5.74) is 3.18. The lowest BCUT2D eigenvalue weighted by Crippen LogP contribution is -2.06. The number of hydrogen-bond donors (Lipinski definition) is 2. The molecular weight excluding hydrogens is 318 g/mol. The summed E-state index contributed by atoms with van der Waals surface area (Å²) in [4.78, 5) is 4.43. The minimum Gasteiger partial charge on any atom is -0.454 e. The molecule has 0 spiro atoms.